The van der Waals surface area contributed by atoms with Gasteiger partial charge in [0, 0.05) is 19.1 Å². The maximum Gasteiger partial charge on any atom is 0.248 e. The van der Waals surface area contributed by atoms with Gasteiger partial charge in [0.25, 0.3) is 0 Å². The zero-order chi connectivity index (χ0) is 8.97. The number of hydrogen-bond donors (Lipinski definition) is 2. The molecule has 0 aromatic heterocycles. The highest BCUT2D eigenvalue weighted by molar-refractivity contribution is 5.77. The number of aliphatic hydroxyl groups excluding tert-OH is 1. The molecule has 0 spiro atoms. The first kappa shape index (κ1) is 9.48. The van der Waals surface area contributed by atoms with Crippen molar-refractivity contribution >= 4 is 5.91 Å². The van der Waals surface area contributed by atoms with Gasteiger partial charge in [-0.3, -0.25) is 4.79 Å². The van der Waals surface area contributed by atoms with Crippen LogP contribution in [0.4, 0.5) is 0 Å². The molecule has 0 saturated carbocycles. The van der Waals surface area contributed by atoms with E-state index in [0.29, 0.717) is 6.54 Å². The molecule has 1 saturated heterocycles. The monoisotopic (exact) mass is 172 g/mol. The second-order valence-electron chi connectivity index (χ2n) is 3.13. The van der Waals surface area contributed by atoms with Crippen molar-refractivity contribution in [3.63, 3.8) is 0 Å². The third-order valence-corrected chi connectivity index (χ3v) is 2.35. The molecule has 1 fully saturated rings. The minimum Gasteiger partial charge on any atom is -0.387 e. The number of aliphatic hydroxyl groups is 1. The van der Waals surface area contributed by atoms with Gasteiger partial charge in [-0.15, -0.1) is 0 Å². The van der Waals surface area contributed by atoms with Gasteiger partial charge in [0.1, 0.15) is 6.61 Å². The van der Waals surface area contributed by atoms with Crippen LogP contribution in [0.2, 0.25) is 0 Å². The zero-order valence-electron chi connectivity index (χ0n) is 7.20. The second kappa shape index (κ2) is 4.42. The van der Waals surface area contributed by atoms with Crippen LogP contribution in [0.25, 0.3) is 0 Å². The fraction of sp³-hybridized carbons (Fsp3) is 0.875. The highest BCUT2D eigenvalue weighted by Crippen LogP contribution is 2.15. The lowest BCUT2D eigenvalue weighted by molar-refractivity contribution is -0.137. The average Bonchev–Trinajstić information content (AvgIpc) is 2.16. The molecule has 1 aliphatic rings. The molecule has 4 heteroatoms. The number of likely N-dealkylation sites (tertiary alicyclic amines) is 1. The molecule has 0 aliphatic carbocycles. The molecule has 3 N–H and O–H groups in total. The normalized spacial score (nSPS) is 24.2. The van der Waals surface area contributed by atoms with Crippen LogP contribution in [0.3, 0.4) is 0 Å². The third-order valence-electron chi connectivity index (χ3n) is 2.35. The fourth-order valence-electron chi connectivity index (χ4n) is 1.66. The lowest BCUT2D eigenvalue weighted by Gasteiger charge is -2.34. The van der Waals surface area contributed by atoms with Gasteiger partial charge < -0.3 is 15.7 Å². The Kier molecular flexibility index (Phi) is 3.49. The van der Waals surface area contributed by atoms with Crippen molar-refractivity contribution in [2.75, 3.05) is 19.7 Å². The number of carbonyl (C=O) groups is 1. The van der Waals surface area contributed by atoms with Gasteiger partial charge in [-0.25, -0.2) is 0 Å². The summed E-state index contributed by atoms with van der Waals surface area (Å²) < 4.78 is 0. The van der Waals surface area contributed by atoms with E-state index in [4.69, 9.17) is 10.8 Å². The smallest absolute Gasteiger partial charge is 0.248 e. The van der Waals surface area contributed by atoms with Crippen LogP contribution in [0, 0.1) is 0 Å². The van der Waals surface area contributed by atoms with E-state index in [2.05, 4.69) is 0 Å². The van der Waals surface area contributed by atoms with Crippen LogP contribution in [0.1, 0.15) is 19.3 Å². The predicted octanol–water partition coefficient (Wildman–Crippen LogP) is -0.681. The van der Waals surface area contributed by atoms with Crippen LogP contribution < -0.4 is 5.73 Å². The predicted molar refractivity (Wildman–Crippen MR) is 45.5 cm³/mol. The average molecular weight is 172 g/mol. The Morgan fingerprint density at radius 1 is 1.58 bits per heavy atom. The van der Waals surface area contributed by atoms with Crippen LogP contribution in [-0.2, 0) is 4.79 Å². The summed E-state index contributed by atoms with van der Waals surface area (Å²) in [5, 5.41) is 8.67. The van der Waals surface area contributed by atoms with Gasteiger partial charge >= 0.3 is 0 Å². The van der Waals surface area contributed by atoms with E-state index in [1.165, 1.54) is 0 Å². The van der Waals surface area contributed by atoms with Gasteiger partial charge in [-0.1, -0.05) is 0 Å². The Balaban J connectivity index is 2.52. The van der Waals surface area contributed by atoms with Crippen LogP contribution in [0.5, 0.6) is 0 Å². The molecule has 0 aromatic rings. The summed E-state index contributed by atoms with van der Waals surface area (Å²) in [7, 11) is 0. The Morgan fingerprint density at radius 3 is 2.92 bits per heavy atom. The maximum atomic E-state index is 11.2. The lowest BCUT2D eigenvalue weighted by Crippen LogP contribution is -2.48. The van der Waals surface area contributed by atoms with E-state index in [-0.39, 0.29) is 11.9 Å². The summed E-state index contributed by atoms with van der Waals surface area (Å²) in [6.45, 7) is 0.865. The lowest BCUT2D eigenvalue weighted by atomic mass is 10.0. The molecule has 0 radical (unpaired) electrons. The molecule has 1 unspecified atom stereocenters. The van der Waals surface area contributed by atoms with Crippen LogP contribution in [0.15, 0.2) is 0 Å². The summed E-state index contributed by atoms with van der Waals surface area (Å²) in [5.41, 5.74) is 5.51. The molecule has 1 aliphatic heterocycles. The van der Waals surface area contributed by atoms with Crippen LogP contribution in [-0.4, -0.2) is 41.7 Å². The summed E-state index contributed by atoms with van der Waals surface area (Å²) >= 11 is 0. The maximum absolute atomic E-state index is 11.2. The molecule has 1 amide bonds. The summed E-state index contributed by atoms with van der Waals surface area (Å²) in [6, 6.07) is 0.151. The highest BCUT2D eigenvalue weighted by Gasteiger charge is 2.24. The molecule has 0 aromatic carbocycles. The quantitative estimate of drug-likeness (QED) is 0.580. The van der Waals surface area contributed by atoms with Crippen molar-refractivity contribution < 1.29 is 9.90 Å². The molecule has 1 heterocycles. The minimum absolute atomic E-state index is 0.151. The number of carbonyl (C=O) groups excluding carboxylic acids is 1. The number of nitrogens with two attached hydrogens (primary N) is 1. The third kappa shape index (κ3) is 1.95. The number of amides is 1. The van der Waals surface area contributed by atoms with E-state index in [9.17, 15) is 4.79 Å². The van der Waals surface area contributed by atoms with Crippen molar-refractivity contribution in [3.05, 3.63) is 0 Å². The molecule has 0 bridgehead atoms. The summed E-state index contributed by atoms with van der Waals surface area (Å²) in [4.78, 5) is 12.9. The standard InChI is InChI=1S/C8H16N2O2/c9-5-7-3-1-2-4-10(7)8(12)6-11/h7,11H,1-6,9H2. The van der Waals surface area contributed by atoms with E-state index in [1.54, 1.807) is 4.90 Å². The Morgan fingerprint density at radius 2 is 2.33 bits per heavy atom. The number of piperidine rings is 1. The number of nitrogens with zero attached hydrogens (tertiary/aromatic N) is 1. The molecule has 1 atom stereocenters. The molecular weight excluding hydrogens is 156 g/mol. The van der Waals surface area contributed by atoms with Gasteiger partial charge in [0.2, 0.25) is 5.91 Å². The largest absolute Gasteiger partial charge is 0.387 e. The molecule has 12 heavy (non-hydrogen) atoms. The van der Waals surface area contributed by atoms with Gasteiger partial charge in [-0.2, -0.15) is 0 Å². The van der Waals surface area contributed by atoms with E-state index in [0.717, 1.165) is 25.8 Å². The highest BCUT2D eigenvalue weighted by atomic mass is 16.3. The van der Waals surface area contributed by atoms with Crippen molar-refractivity contribution in [3.8, 4) is 0 Å². The van der Waals surface area contributed by atoms with Crippen molar-refractivity contribution in [1.29, 1.82) is 0 Å². The number of rotatable bonds is 2. The topological polar surface area (TPSA) is 66.6 Å². The van der Waals surface area contributed by atoms with Gasteiger partial charge in [0.15, 0.2) is 0 Å². The van der Waals surface area contributed by atoms with Crippen molar-refractivity contribution in [1.82, 2.24) is 4.90 Å². The Hall–Kier alpha value is -0.610. The molecule has 1 rings (SSSR count). The van der Waals surface area contributed by atoms with Gasteiger partial charge in [-0.05, 0) is 19.3 Å². The molecule has 70 valence electrons. The Bertz CT molecular complexity index is 161. The van der Waals surface area contributed by atoms with Crippen molar-refractivity contribution in [2.45, 2.75) is 25.3 Å². The SMILES string of the molecule is NCC1CCCCN1C(=O)CO. The summed E-state index contributed by atoms with van der Waals surface area (Å²) in [6.07, 6.45) is 3.14. The first-order valence-corrected chi connectivity index (χ1v) is 4.40. The minimum atomic E-state index is -0.392. The van der Waals surface area contributed by atoms with E-state index >= 15 is 0 Å². The molecular formula is C8H16N2O2. The van der Waals surface area contributed by atoms with E-state index < -0.39 is 6.61 Å². The first-order valence-electron chi connectivity index (χ1n) is 4.40. The first-order chi connectivity index (χ1) is 5.79. The van der Waals surface area contributed by atoms with Crippen molar-refractivity contribution in [2.24, 2.45) is 5.73 Å². The number of hydrogen-bond acceptors (Lipinski definition) is 3. The van der Waals surface area contributed by atoms with Gasteiger partial charge in [0.05, 0.1) is 0 Å². The second-order valence-corrected chi connectivity index (χ2v) is 3.13. The fourth-order valence-corrected chi connectivity index (χ4v) is 1.66. The molecule has 4 nitrogen and oxygen atoms in total. The van der Waals surface area contributed by atoms with E-state index in [1.807, 2.05) is 0 Å². The van der Waals surface area contributed by atoms with Crippen LogP contribution >= 0.6 is 0 Å². The zero-order valence-corrected chi connectivity index (χ0v) is 7.20. The Labute approximate surface area is 72.3 Å². The summed E-state index contributed by atoms with van der Waals surface area (Å²) in [5.74, 6) is -0.190.